The number of anilines is 1. The highest BCUT2D eigenvalue weighted by Crippen LogP contribution is 2.31. The standard InChI is InChI=1S/C14H11BrF3NO3S/c1-9-8-10(6-7-11(9)15)19-23(20,21)13-5-3-2-4-12(13)22-14(16,17)18/h2-8,19H,1H3. The number of nitrogens with one attached hydrogen (secondary N) is 1. The molecule has 0 spiro atoms. The van der Waals surface area contributed by atoms with Gasteiger partial charge in [0.1, 0.15) is 10.6 Å². The van der Waals surface area contributed by atoms with Crippen molar-refractivity contribution < 1.29 is 26.3 Å². The summed E-state index contributed by atoms with van der Waals surface area (Å²) in [6.07, 6.45) is -4.99. The molecular weight excluding hydrogens is 399 g/mol. The Morgan fingerprint density at radius 3 is 2.39 bits per heavy atom. The molecule has 0 aliphatic rings. The van der Waals surface area contributed by atoms with Gasteiger partial charge in [-0.05, 0) is 42.8 Å². The van der Waals surface area contributed by atoms with Crippen LogP contribution in [0.15, 0.2) is 51.8 Å². The SMILES string of the molecule is Cc1cc(NS(=O)(=O)c2ccccc2OC(F)(F)F)ccc1Br. The van der Waals surface area contributed by atoms with Gasteiger partial charge in [0.2, 0.25) is 0 Å². The van der Waals surface area contributed by atoms with E-state index in [1.165, 1.54) is 18.2 Å². The number of aryl methyl sites for hydroxylation is 1. The second-order valence-corrected chi connectivity index (χ2v) is 7.07. The average Bonchev–Trinajstić information content (AvgIpc) is 2.41. The van der Waals surface area contributed by atoms with Gasteiger partial charge < -0.3 is 4.74 Å². The van der Waals surface area contributed by atoms with E-state index in [1.54, 1.807) is 19.1 Å². The zero-order chi connectivity index (χ0) is 17.3. The predicted octanol–water partition coefficient (Wildman–Crippen LogP) is 4.46. The lowest BCUT2D eigenvalue weighted by Crippen LogP contribution is -2.20. The first kappa shape index (κ1) is 17.6. The lowest BCUT2D eigenvalue weighted by molar-refractivity contribution is -0.275. The molecule has 23 heavy (non-hydrogen) atoms. The van der Waals surface area contributed by atoms with Crippen LogP contribution in [0.5, 0.6) is 5.75 Å². The van der Waals surface area contributed by atoms with Crippen LogP contribution in [0.3, 0.4) is 0 Å². The Morgan fingerprint density at radius 1 is 1.13 bits per heavy atom. The number of halogens is 4. The normalized spacial score (nSPS) is 12.0. The molecule has 2 aromatic rings. The first-order chi connectivity index (χ1) is 10.6. The summed E-state index contributed by atoms with van der Waals surface area (Å²) in [6, 6.07) is 9.21. The lowest BCUT2D eigenvalue weighted by atomic mass is 10.2. The molecule has 4 nitrogen and oxygen atoms in total. The van der Waals surface area contributed by atoms with Crippen LogP contribution in [0, 0.1) is 6.92 Å². The molecule has 0 saturated heterocycles. The van der Waals surface area contributed by atoms with Gasteiger partial charge in [-0.25, -0.2) is 8.42 Å². The lowest BCUT2D eigenvalue weighted by Gasteiger charge is -2.14. The highest BCUT2D eigenvalue weighted by Gasteiger charge is 2.34. The molecular formula is C14H11BrF3NO3S. The summed E-state index contributed by atoms with van der Waals surface area (Å²) in [7, 11) is -4.24. The fourth-order valence-electron chi connectivity index (χ4n) is 1.80. The summed E-state index contributed by atoms with van der Waals surface area (Å²) >= 11 is 3.28. The third-order valence-corrected chi connectivity index (χ3v) is 5.08. The molecule has 0 amide bonds. The van der Waals surface area contributed by atoms with E-state index in [0.717, 1.165) is 22.2 Å². The summed E-state index contributed by atoms with van der Waals surface area (Å²) in [5.74, 6) is -0.790. The van der Waals surface area contributed by atoms with Crippen molar-refractivity contribution in [3.05, 3.63) is 52.5 Å². The minimum absolute atomic E-state index is 0.229. The van der Waals surface area contributed by atoms with Crippen molar-refractivity contribution in [1.82, 2.24) is 0 Å². The van der Waals surface area contributed by atoms with Crippen LogP contribution in [-0.2, 0) is 10.0 Å². The number of ether oxygens (including phenoxy) is 1. The van der Waals surface area contributed by atoms with E-state index < -0.39 is 27.0 Å². The molecule has 124 valence electrons. The number of rotatable bonds is 4. The van der Waals surface area contributed by atoms with Crippen molar-refractivity contribution in [2.24, 2.45) is 0 Å². The molecule has 0 fully saturated rings. The Morgan fingerprint density at radius 2 is 1.78 bits per heavy atom. The van der Waals surface area contributed by atoms with Gasteiger partial charge in [0.15, 0.2) is 0 Å². The maximum atomic E-state index is 12.4. The number of para-hydroxylation sites is 1. The van der Waals surface area contributed by atoms with Crippen LogP contribution in [0.1, 0.15) is 5.56 Å². The fourth-order valence-corrected chi connectivity index (χ4v) is 3.23. The molecule has 9 heteroatoms. The summed E-state index contributed by atoms with van der Waals surface area (Å²) in [4.78, 5) is -0.599. The van der Waals surface area contributed by atoms with Crippen LogP contribution in [0.4, 0.5) is 18.9 Å². The predicted molar refractivity (Wildman–Crippen MR) is 82.8 cm³/mol. The van der Waals surface area contributed by atoms with E-state index in [-0.39, 0.29) is 5.69 Å². The third-order valence-electron chi connectivity index (χ3n) is 2.77. The zero-order valence-electron chi connectivity index (χ0n) is 11.7. The molecule has 0 aromatic heterocycles. The average molecular weight is 410 g/mol. The van der Waals surface area contributed by atoms with Gasteiger partial charge in [0, 0.05) is 10.2 Å². The van der Waals surface area contributed by atoms with Crippen LogP contribution in [0.25, 0.3) is 0 Å². The van der Waals surface area contributed by atoms with Gasteiger partial charge in [-0.15, -0.1) is 13.2 Å². The second-order valence-electron chi connectivity index (χ2n) is 4.56. The Kier molecular flexibility index (Phi) is 4.90. The number of hydrogen-bond donors (Lipinski definition) is 1. The van der Waals surface area contributed by atoms with Crippen LogP contribution in [-0.4, -0.2) is 14.8 Å². The van der Waals surface area contributed by atoms with Gasteiger partial charge in [-0.3, -0.25) is 4.72 Å². The summed E-state index contributed by atoms with van der Waals surface area (Å²) in [6.45, 7) is 1.75. The van der Waals surface area contributed by atoms with Crippen molar-refractivity contribution in [2.75, 3.05) is 4.72 Å². The number of benzene rings is 2. The molecule has 2 aromatic carbocycles. The van der Waals surface area contributed by atoms with E-state index in [9.17, 15) is 21.6 Å². The molecule has 0 aliphatic heterocycles. The Labute approximate surface area is 139 Å². The molecule has 2 rings (SSSR count). The molecule has 0 heterocycles. The van der Waals surface area contributed by atoms with Gasteiger partial charge >= 0.3 is 6.36 Å². The van der Waals surface area contributed by atoms with E-state index >= 15 is 0 Å². The molecule has 0 aliphatic carbocycles. The van der Waals surface area contributed by atoms with E-state index in [0.29, 0.717) is 0 Å². The Bertz CT molecular complexity index is 822. The highest BCUT2D eigenvalue weighted by atomic mass is 79.9. The van der Waals surface area contributed by atoms with E-state index in [2.05, 4.69) is 25.4 Å². The minimum atomic E-state index is -4.99. The smallest absolute Gasteiger partial charge is 0.404 e. The van der Waals surface area contributed by atoms with Gasteiger partial charge in [-0.2, -0.15) is 0 Å². The van der Waals surface area contributed by atoms with Crippen molar-refractivity contribution in [2.45, 2.75) is 18.2 Å². The van der Waals surface area contributed by atoms with Crippen molar-refractivity contribution in [3.63, 3.8) is 0 Å². The summed E-state index contributed by atoms with van der Waals surface area (Å²) in [5, 5.41) is 0. The molecule has 0 atom stereocenters. The number of alkyl halides is 3. The molecule has 1 N–H and O–H groups in total. The Balaban J connectivity index is 2.38. The first-order valence-electron chi connectivity index (χ1n) is 6.22. The maximum absolute atomic E-state index is 12.4. The third kappa shape index (κ3) is 4.61. The van der Waals surface area contributed by atoms with Gasteiger partial charge in [0.05, 0.1) is 0 Å². The molecule has 0 unspecified atom stereocenters. The van der Waals surface area contributed by atoms with Crippen LogP contribution in [0.2, 0.25) is 0 Å². The fraction of sp³-hybridized carbons (Fsp3) is 0.143. The Hall–Kier alpha value is -1.74. The van der Waals surface area contributed by atoms with E-state index in [1.807, 2.05) is 0 Å². The highest BCUT2D eigenvalue weighted by molar-refractivity contribution is 9.10. The molecule has 0 saturated carbocycles. The van der Waals surface area contributed by atoms with E-state index in [4.69, 9.17) is 0 Å². The van der Waals surface area contributed by atoms with Crippen LogP contribution >= 0.6 is 15.9 Å². The monoisotopic (exact) mass is 409 g/mol. The van der Waals surface area contributed by atoms with Gasteiger partial charge in [-0.1, -0.05) is 28.1 Å². The number of sulfonamides is 1. The second kappa shape index (κ2) is 6.40. The maximum Gasteiger partial charge on any atom is 0.573 e. The van der Waals surface area contributed by atoms with Gasteiger partial charge in [0.25, 0.3) is 10.0 Å². The molecule has 0 radical (unpaired) electrons. The summed E-state index contributed by atoms with van der Waals surface area (Å²) < 4.78 is 68.6. The first-order valence-corrected chi connectivity index (χ1v) is 8.50. The van der Waals surface area contributed by atoms with Crippen molar-refractivity contribution >= 4 is 31.6 Å². The molecule has 0 bridgehead atoms. The quantitative estimate of drug-likeness (QED) is 0.810. The zero-order valence-corrected chi connectivity index (χ0v) is 14.1. The number of hydrogen-bond acceptors (Lipinski definition) is 3. The van der Waals surface area contributed by atoms with Crippen molar-refractivity contribution in [1.29, 1.82) is 0 Å². The summed E-state index contributed by atoms with van der Waals surface area (Å²) in [5.41, 5.74) is 0.998. The van der Waals surface area contributed by atoms with Crippen molar-refractivity contribution in [3.8, 4) is 5.75 Å². The minimum Gasteiger partial charge on any atom is -0.404 e. The largest absolute Gasteiger partial charge is 0.573 e. The topological polar surface area (TPSA) is 55.4 Å². The van der Waals surface area contributed by atoms with Crippen LogP contribution < -0.4 is 9.46 Å².